The number of hydrogen-bond donors (Lipinski definition) is 0. The number of allylic oxidation sites excluding steroid dienone is 1. The number of nitrogens with zero attached hydrogens (tertiary/aromatic N) is 4. The highest BCUT2D eigenvalue weighted by Crippen LogP contribution is 2.46. The molecule has 0 saturated carbocycles. The lowest BCUT2D eigenvalue weighted by atomic mass is 9.86. The monoisotopic (exact) mass is 938 g/mol. The maximum Gasteiger partial charge on any atom is 0.160 e. The number of para-hydroxylation sites is 1. The third-order valence-electron chi connectivity index (χ3n) is 15.8. The molecule has 12 aromatic carbocycles. The summed E-state index contributed by atoms with van der Waals surface area (Å²) in [6.45, 7) is 0. The van der Waals surface area contributed by atoms with E-state index in [9.17, 15) is 0 Å². The van der Waals surface area contributed by atoms with E-state index in [1.807, 2.05) is 6.07 Å². The molecule has 0 radical (unpaired) electrons. The van der Waals surface area contributed by atoms with Crippen molar-refractivity contribution in [3.63, 3.8) is 0 Å². The minimum Gasteiger partial charge on any atom is -0.248 e. The number of aryl methyl sites for hydroxylation is 1. The van der Waals surface area contributed by atoms with E-state index >= 15 is 0 Å². The molecule has 4 nitrogen and oxygen atoms in total. The Labute approximate surface area is 426 Å². The number of hydrogen-bond acceptors (Lipinski definition) is 4. The van der Waals surface area contributed by atoms with E-state index in [0.717, 1.165) is 96.4 Å². The zero-order chi connectivity index (χ0) is 48.4. The standard InChI is InChI=1S/C70H42N4/c1-3-13-60-41(7-1)31-37-62(71-60)43-15-23-51(24-16-43)68-59-40-53(54-33-27-49-21-19-45-9-5-11-47-29-35-56(54)66(49)64(45)47)39-58(55-34-28-50-22-20-46-10-6-12-48-30-36-57(55)67(50)65(46)48)69(59)74-70(73-68)52-25-17-44(18-26-52)63-38-32-42-8-2-4-14-61(42)72-63/h2-6,8-40H,1,7H2. The summed E-state index contributed by atoms with van der Waals surface area (Å²) in [6, 6.07) is 79.8. The minimum absolute atomic E-state index is 0.659. The van der Waals surface area contributed by atoms with Crippen LogP contribution in [-0.4, -0.2) is 19.9 Å². The first kappa shape index (κ1) is 41.0. The first-order valence-corrected chi connectivity index (χ1v) is 25.6. The highest BCUT2D eigenvalue weighted by atomic mass is 14.9. The maximum atomic E-state index is 5.69. The Morgan fingerprint density at radius 1 is 0.324 bits per heavy atom. The summed E-state index contributed by atoms with van der Waals surface area (Å²) in [7, 11) is 0. The van der Waals surface area contributed by atoms with Gasteiger partial charge in [-0.05, 0) is 136 Å². The Balaban J connectivity index is 0.965. The van der Waals surface area contributed by atoms with E-state index in [0.29, 0.717) is 5.82 Å². The van der Waals surface area contributed by atoms with E-state index in [4.69, 9.17) is 19.9 Å². The zero-order valence-corrected chi connectivity index (χ0v) is 40.1. The van der Waals surface area contributed by atoms with Crippen molar-refractivity contribution in [2.24, 2.45) is 0 Å². The molecular weight excluding hydrogens is 897 g/mol. The van der Waals surface area contributed by atoms with Gasteiger partial charge in [-0.3, -0.25) is 0 Å². The van der Waals surface area contributed by atoms with Crippen molar-refractivity contribution in [3.8, 4) is 67.4 Å². The van der Waals surface area contributed by atoms with Crippen LogP contribution in [0.2, 0.25) is 0 Å². The Bertz CT molecular complexity index is 4790. The molecular formula is C70H42N4. The van der Waals surface area contributed by atoms with Crippen molar-refractivity contribution in [1.29, 1.82) is 0 Å². The number of aromatic nitrogens is 4. The molecule has 15 aromatic rings. The molecule has 4 heteroatoms. The molecule has 3 aromatic heterocycles. The predicted molar refractivity (Wildman–Crippen MR) is 310 cm³/mol. The number of fused-ring (bicyclic) bond motifs is 3. The summed E-state index contributed by atoms with van der Waals surface area (Å²) >= 11 is 0. The lowest BCUT2D eigenvalue weighted by Crippen LogP contribution is -1.99. The fraction of sp³-hybridized carbons (Fsp3) is 0.0286. The molecule has 16 rings (SSSR count). The Hall–Kier alpha value is -9.64. The first-order chi connectivity index (χ1) is 36.6. The second-order valence-electron chi connectivity index (χ2n) is 20.0. The van der Waals surface area contributed by atoms with Gasteiger partial charge < -0.3 is 0 Å². The Kier molecular flexibility index (Phi) is 8.83. The molecule has 0 unspecified atom stereocenters. The smallest absolute Gasteiger partial charge is 0.160 e. The van der Waals surface area contributed by atoms with Gasteiger partial charge in [0.25, 0.3) is 0 Å². The normalized spacial score (nSPS) is 12.7. The number of benzene rings is 12. The molecule has 0 N–H and O–H groups in total. The van der Waals surface area contributed by atoms with Crippen LogP contribution in [-0.2, 0) is 6.42 Å². The quantitative estimate of drug-likeness (QED) is 0.156. The molecule has 74 heavy (non-hydrogen) atoms. The van der Waals surface area contributed by atoms with Gasteiger partial charge in [-0.2, -0.15) is 0 Å². The van der Waals surface area contributed by atoms with Crippen LogP contribution in [0.5, 0.6) is 0 Å². The summed E-state index contributed by atoms with van der Waals surface area (Å²) in [4.78, 5) is 21.5. The third kappa shape index (κ3) is 6.35. The van der Waals surface area contributed by atoms with Crippen LogP contribution in [0.25, 0.3) is 160 Å². The van der Waals surface area contributed by atoms with Gasteiger partial charge in [0.2, 0.25) is 0 Å². The molecule has 3 heterocycles. The van der Waals surface area contributed by atoms with Gasteiger partial charge in [-0.25, -0.2) is 19.9 Å². The fourth-order valence-electron chi connectivity index (χ4n) is 12.2. The molecule has 0 amide bonds. The van der Waals surface area contributed by atoms with Crippen LogP contribution in [0.1, 0.15) is 17.7 Å². The van der Waals surface area contributed by atoms with E-state index in [1.165, 1.54) is 75.8 Å². The molecule has 0 spiro atoms. The van der Waals surface area contributed by atoms with Gasteiger partial charge in [-0.15, -0.1) is 0 Å². The van der Waals surface area contributed by atoms with Crippen molar-refractivity contribution < 1.29 is 0 Å². The average Bonchev–Trinajstić information content (AvgIpc) is 3.47. The largest absolute Gasteiger partial charge is 0.248 e. The molecule has 342 valence electrons. The first-order valence-electron chi connectivity index (χ1n) is 25.6. The van der Waals surface area contributed by atoms with Crippen molar-refractivity contribution >= 4 is 92.5 Å². The molecule has 0 bridgehead atoms. The van der Waals surface area contributed by atoms with Crippen LogP contribution in [0.15, 0.2) is 224 Å². The third-order valence-corrected chi connectivity index (χ3v) is 15.8. The number of rotatable bonds is 6. The zero-order valence-electron chi connectivity index (χ0n) is 40.1. The van der Waals surface area contributed by atoms with Crippen molar-refractivity contribution in [3.05, 3.63) is 236 Å². The molecule has 0 saturated heterocycles. The van der Waals surface area contributed by atoms with E-state index in [-0.39, 0.29) is 0 Å². The van der Waals surface area contributed by atoms with Crippen LogP contribution in [0, 0.1) is 0 Å². The number of pyridine rings is 2. The van der Waals surface area contributed by atoms with Gasteiger partial charge in [-0.1, -0.05) is 194 Å². The Morgan fingerprint density at radius 2 is 0.865 bits per heavy atom. The Morgan fingerprint density at radius 3 is 1.57 bits per heavy atom. The molecule has 1 aliphatic rings. The minimum atomic E-state index is 0.659. The molecule has 0 atom stereocenters. The van der Waals surface area contributed by atoms with Crippen LogP contribution < -0.4 is 0 Å². The van der Waals surface area contributed by atoms with Gasteiger partial charge in [0, 0.05) is 38.6 Å². The van der Waals surface area contributed by atoms with Crippen LogP contribution in [0.3, 0.4) is 0 Å². The van der Waals surface area contributed by atoms with Crippen molar-refractivity contribution in [2.45, 2.75) is 12.8 Å². The van der Waals surface area contributed by atoms with Gasteiger partial charge in [0.05, 0.1) is 33.8 Å². The van der Waals surface area contributed by atoms with E-state index < -0.39 is 0 Å². The summed E-state index contributed by atoms with van der Waals surface area (Å²) < 4.78 is 0. The summed E-state index contributed by atoms with van der Waals surface area (Å²) in [5.74, 6) is 0.659. The SMILES string of the molecule is C1=Cc2nc(-c3ccc(-c4nc(-c5ccc(-c6ccc7ccccc7n6)cc5)nc5c(-c6ccc7ccc8cccc9ccc6c7c89)cc(-c6ccc7ccc8cccc9ccc6c7c89)cc45)cc3)ccc2CC1. The highest BCUT2D eigenvalue weighted by Gasteiger charge is 2.22. The maximum absolute atomic E-state index is 5.69. The van der Waals surface area contributed by atoms with Gasteiger partial charge >= 0.3 is 0 Å². The predicted octanol–water partition coefficient (Wildman–Crippen LogP) is 18.3. The van der Waals surface area contributed by atoms with Gasteiger partial charge in [0.1, 0.15) is 0 Å². The van der Waals surface area contributed by atoms with E-state index in [1.54, 1.807) is 0 Å². The topological polar surface area (TPSA) is 51.6 Å². The van der Waals surface area contributed by atoms with Crippen LogP contribution >= 0.6 is 0 Å². The van der Waals surface area contributed by atoms with Gasteiger partial charge in [0.15, 0.2) is 5.82 Å². The highest BCUT2D eigenvalue weighted by molar-refractivity contribution is 6.28. The second kappa shape index (κ2) is 15.9. The van der Waals surface area contributed by atoms with Crippen molar-refractivity contribution in [1.82, 2.24) is 19.9 Å². The summed E-state index contributed by atoms with van der Waals surface area (Å²) in [5, 5.41) is 17.1. The average molecular weight is 939 g/mol. The molecule has 1 aliphatic carbocycles. The van der Waals surface area contributed by atoms with E-state index in [2.05, 4.69) is 224 Å². The van der Waals surface area contributed by atoms with Crippen LogP contribution in [0.4, 0.5) is 0 Å². The molecule has 0 aliphatic heterocycles. The fourth-order valence-corrected chi connectivity index (χ4v) is 12.2. The van der Waals surface area contributed by atoms with Crippen molar-refractivity contribution in [2.75, 3.05) is 0 Å². The summed E-state index contributed by atoms with van der Waals surface area (Å²) in [5.41, 5.74) is 15.5. The lowest BCUT2D eigenvalue weighted by molar-refractivity contribution is 0.965. The lowest BCUT2D eigenvalue weighted by Gasteiger charge is -2.19. The second-order valence-corrected chi connectivity index (χ2v) is 20.0. The molecule has 0 fully saturated rings. The summed E-state index contributed by atoms with van der Waals surface area (Å²) in [6.07, 6.45) is 6.46.